The fourth-order valence-corrected chi connectivity index (χ4v) is 4.13. The summed E-state index contributed by atoms with van der Waals surface area (Å²) < 4.78 is 0. The van der Waals surface area contributed by atoms with Crippen LogP contribution in [-0.4, -0.2) is 20.5 Å². The maximum Gasteiger partial charge on any atom is 0.228 e. The van der Waals surface area contributed by atoms with Crippen LogP contribution in [0.4, 0.5) is 0 Å². The molecule has 0 fully saturated rings. The van der Waals surface area contributed by atoms with Crippen molar-refractivity contribution in [2.24, 2.45) is 0 Å². The van der Waals surface area contributed by atoms with Crippen molar-refractivity contribution in [1.82, 2.24) is 0 Å². The molecule has 0 saturated heterocycles. The predicted molar refractivity (Wildman–Crippen MR) is 84.4 cm³/mol. The van der Waals surface area contributed by atoms with Gasteiger partial charge in [-0.25, -0.2) is 0 Å². The Morgan fingerprint density at radius 3 is 2.05 bits per heavy atom. The summed E-state index contributed by atoms with van der Waals surface area (Å²) in [5, 5.41) is -1.09. The topological polar surface area (TPSA) is 68.3 Å². The molecule has 22 heavy (non-hydrogen) atoms. The highest BCUT2D eigenvalue weighted by atomic mass is 32.2. The Balaban J connectivity index is 1.94. The molecule has 0 saturated carbocycles. The number of fused-ring (bicyclic) bond motifs is 2. The van der Waals surface area contributed by atoms with Crippen molar-refractivity contribution in [1.29, 1.82) is 0 Å². The first-order valence-electron chi connectivity index (χ1n) is 6.37. The number of hydrogen-bond donors (Lipinski definition) is 0. The SMILES string of the molecule is O=C1SC(=O)c2cc(-c3cccc4c3C(=O)SC4=O)ccc21. The summed E-state index contributed by atoms with van der Waals surface area (Å²) in [5.41, 5.74) is 2.79. The standard InChI is InChI=1S/C16H6O4S2/c17-13-9-5-4-7(6-11(9)15(19)21-13)8-2-1-3-10-12(8)16(20)22-14(10)18/h1-6H. The van der Waals surface area contributed by atoms with Crippen LogP contribution in [0.2, 0.25) is 0 Å². The van der Waals surface area contributed by atoms with E-state index in [1.54, 1.807) is 36.4 Å². The molecule has 2 aliphatic heterocycles. The lowest BCUT2D eigenvalue weighted by molar-refractivity contribution is 0.107. The van der Waals surface area contributed by atoms with Crippen LogP contribution in [0, 0.1) is 0 Å². The molecule has 0 radical (unpaired) electrons. The Morgan fingerprint density at radius 2 is 1.23 bits per heavy atom. The maximum atomic E-state index is 12.0. The molecular formula is C16H6O4S2. The number of hydrogen-bond acceptors (Lipinski definition) is 6. The second-order valence-electron chi connectivity index (χ2n) is 4.84. The molecule has 6 heteroatoms. The third-order valence-electron chi connectivity index (χ3n) is 3.63. The van der Waals surface area contributed by atoms with Crippen molar-refractivity contribution in [3.05, 3.63) is 58.7 Å². The first-order chi connectivity index (χ1) is 10.6. The fraction of sp³-hybridized carbons (Fsp3) is 0. The summed E-state index contributed by atoms with van der Waals surface area (Å²) in [4.78, 5) is 47.3. The van der Waals surface area contributed by atoms with Crippen molar-refractivity contribution in [3.8, 4) is 11.1 Å². The Hall–Kier alpha value is -2.18. The molecule has 0 aliphatic carbocycles. The monoisotopic (exact) mass is 326 g/mol. The Morgan fingerprint density at radius 1 is 0.591 bits per heavy atom. The van der Waals surface area contributed by atoms with E-state index >= 15 is 0 Å². The number of rotatable bonds is 1. The van der Waals surface area contributed by atoms with Crippen LogP contribution in [0.1, 0.15) is 41.4 Å². The van der Waals surface area contributed by atoms with Gasteiger partial charge in [0.1, 0.15) is 0 Å². The minimum Gasteiger partial charge on any atom is -0.281 e. The van der Waals surface area contributed by atoms with Gasteiger partial charge in [0, 0.05) is 22.3 Å². The van der Waals surface area contributed by atoms with Gasteiger partial charge in [0.05, 0.1) is 0 Å². The maximum absolute atomic E-state index is 12.0. The Kier molecular flexibility index (Phi) is 2.85. The number of benzene rings is 2. The molecule has 0 amide bonds. The highest BCUT2D eigenvalue weighted by molar-refractivity contribution is 8.28. The van der Waals surface area contributed by atoms with Crippen molar-refractivity contribution in [2.45, 2.75) is 0 Å². The molecule has 0 spiro atoms. The van der Waals surface area contributed by atoms with E-state index in [0.717, 1.165) is 0 Å². The lowest BCUT2D eigenvalue weighted by Crippen LogP contribution is -1.97. The fourth-order valence-electron chi connectivity index (χ4n) is 2.63. The van der Waals surface area contributed by atoms with E-state index in [0.29, 0.717) is 56.9 Å². The molecule has 4 nitrogen and oxygen atoms in total. The first-order valence-corrected chi connectivity index (χ1v) is 8.00. The van der Waals surface area contributed by atoms with Crippen LogP contribution in [0.25, 0.3) is 11.1 Å². The van der Waals surface area contributed by atoms with Gasteiger partial charge in [-0.2, -0.15) is 0 Å². The van der Waals surface area contributed by atoms with Crippen LogP contribution in [0.3, 0.4) is 0 Å². The number of thioether (sulfide) groups is 2. The second kappa shape index (κ2) is 4.66. The molecule has 0 atom stereocenters. The molecule has 0 bridgehead atoms. The minimum atomic E-state index is -0.286. The van der Waals surface area contributed by atoms with Crippen molar-refractivity contribution in [3.63, 3.8) is 0 Å². The zero-order chi connectivity index (χ0) is 15.4. The summed E-state index contributed by atoms with van der Waals surface area (Å²) in [6.07, 6.45) is 0. The summed E-state index contributed by atoms with van der Waals surface area (Å²) >= 11 is 1.36. The summed E-state index contributed by atoms with van der Waals surface area (Å²) in [6, 6.07) is 9.99. The average Bonchev–Trinajstić information content (AvgIpc) is 2.96. The summed E-state index contributed by atoms with van der Waals surface area (Å²) in [5.74, 6) is 0. The molecular weight excluding hydrogens is 320 g/mol. The Labute approximate surface area is 133 Å². The van der Waals surface area contributed by atoms with E-state index in [1.807, 2.05) is 0 Å². The molecule has 0 N–H and O–H groups in total. The van der Waals surface area contributed by atoms with E-state index in [2.05, 4.69) is 0 Å². The quantitative estimate of drug-likeness (QED) is 0.800. The van der Waals surface area contributed by atoms with Gasteiger partial charge in [0.25, 0.3) is 0 Å². The molecule has 2 aromatic rings. The van der Waals surface area contributed by atoms with Gasteiger partial charge in [-0.05, 0) is 52.8 Å². The lowest BCUT2D eigenvalue weighted by atomic mass is 9.94. The zero-order valence-electron chi connectivity index (χ0n) is 10.9. The molecule has 2 aromatic carbocycles. The van der Waals surface area contributed by atoms with Gasteiger partial charge in [-0.15, -0.1) is 0 Å². The van der Waals surface area contributed by atoms with Crippen LogP contribution < -0.4 is 0 Å². The van der Waals surface area contributed by atoms with Crippen molar-refractivity contribution >= 4 is 44.0 Å². The highest BCUT2D eigenvalue weighted by Crippen LogP contribution is 2.39. The number of carbonyl (C=O) groups excluding carboxylic acids is 4. The smallest absolute Gasteiger partial charge is 0.228 e. The van der Waals surface area contributed by atoms with E-state index in [1.165, 1.54) is 0 Å². The average molecular weight is 326 g/mol. The van der Waals surface area contributed by atoms with E-state index < -0.39 is 0 Å². The third kappa shape index (κ3) is 1.81. The first kappa shape index (κ1) is 13.5. The molecule has 2 aliphatic rings. The third-order valence-corrected chi connectivity index (χ3v) is 5.24. The van der Waals surface area contributed by atoms with Crippen molar-refractivity contribution < 1.29 is 19.2 Å². The minimum absolute atomic E-state index is 0.258. The van der Waals surface area contributed by atoms with E-state index in [-0.39, 0.29) is 20.5 Å². The summed E-state index contributed by atoms with van der Waals surface area (Å²) in [6.45, 7) is 0. The van der Waals surface area contributed by atoms with Crippen LogP contribution in [0.5, 0.6) is 0 Å². The van der Waals surface area contributed by atoms with Gasteiger partial charge in [-0.1, -0.05) is 18.2 Å². The van der Waals surface area contributed by atoms with Crippen LogP contribution in [-0.2, 0) is 0 Å². The molecule has 0 unspecified atom stereocenters. The second-order valence-corrected chi connectivity index (χ2v) is 6.73. The van der Waals surface area contributed by atoms with Crippen molar-refractivity contribution in [2.75, 3.05) is 0 Å². The van der Waals surface area contributed by atoms with E-state index in [9.17, 15) is 19.2 Å². The zero-order valence-corrected chi connectivity index (χ0v) is 12.5. The van der Waals surface area contributed by atoms with E-state index in [4.69, 9.17) is 0 Å². The van der Waals surface area contributed by atoms with Gasteiger partial charge >= 0.3 is 0 Å². The van der Waals surface area contributed by atoms with Crippen LogP contribution in [0.15, 0.2) is 36.4 Å². The molecule has 4 rings (SSSR count). The molecule has 106 valence electrons. The van der Waals surface area contributed by atoms with Crippen LogP contribution >= 0.6 is 23.5 Å². The van der Waals surface area contributed by atoms with Gasteiger partial charge in [-0.3, -0.25) is 19.2 Å². The van der Waals surface area contributed by atoms with Gasteiger partial charge in [0.15, 0.2) is 0 Å². The predicted octanol–water partition coefficient (Wildman–Crippen LogP) is 3.41. The molecule has 2 heterocycles. The molecule has 0 aromatic heterocycles. The lowest BCUT2D eigenvalue weighted by Gasteiger charge is -2.07. The van der Waals surface area contributed by atoms with Gasteiger partial charge in [0.2, 0.25) is 20.5 Å². The summed E-state index contributed by atoms with van der Waals surface area (Å²) in [7, 11) is 0. The normalized spacial score (nSPS) is 16.2. The Bertz CT molecular complexity index is 914. The largest absolute Gasteiger partial charge is 0.281 e. The van der Waals surface area contributed by atoms with Gasteiger partial charge < -0.3 is 0 Å². The highest BCUT2D eigenvalue weighted by Gasteiger charge is 2.33. The number of carbonyl (C=O) groups is 4.